The van der Waals surface area contributed by atoms with E-state index in [0.717, 1.165) is 11.4 Å². The Morgan fingerprint density at radius 1 is 1.25 bits per heavy atom. The molecule has 6 heteroatoms. The fourth-order valence-corrected chi connectivity index (χ4v) is 2.65. The van der Waals surface area contributed by atoms with Crippen LogP contribution in [0.4, 0.5) is 5.69 Å². The van der Waals surface area contributed by atoms with Crippen molar-refractivity contribution < 1.29 is 9.53 Å². The molecule has 0 fully saturated rings. The van der Waals surface area contributed by atoms with E-state index in [-0.39, 0.29) is 5.91 Å². The van der Waals surface area contributed by atoms with Gasteiger partial charge in [0.1, 0.15) is 11.8 Å². The van der Waals surface area contributed by atoms with Crippen molar-refractivity contribution in [3.63, 3.8) is 0 Å². The topological polar surface area (TPSA) is 73.2 Å². The number of aromatic nitrogens is 2. The van der Waals surface area contributed by atoms with Gasteiger partial charge in [-0.05, 0) is 57.5 Å². The van der Waals surface area contributed by atoms with Gasteiger partial charge in [0.2, 0.25) is 5.91 Å². The van der Waals surface area contributed by atoms with E-state index in [9.17, 15) is 9.59 Å². The number of nitrogens with one attached hydrogen (secondary N) is 1. The molecule has 6 nitrogen and oxygen atoms in total. The van der Waals surface area contributed by atoms with E-state index in [1.54, 1.807) is 37.3 Å². The van der Waals surface area contributed by atoms with Gasteiger partial charge in [0.15, 0.2) is 0 Å². The largest absolute Gasteiger partial charge is 0.494 e. The number of hydrogen-bond donors (Lipinski definition) is 1. The second kappa shape index (κ2) is 7.77. The second-order valence-corrected chi connectivity index (χ2v) is 5.56. The first-order valence-corrected chi connectivity index (χ1v) is 8.06. The maximum absolute atomic E-state index is 12.6. The Labute approximate surface area is 141 Å². The molecule has 0 spiro atoms. The van der Waals surface area contributed by atoms with Crippen molar-refractivity contribution in [3.05, 3.63) is 52.2 Å². The number of aryl methyl sites for hydroxylation is 2. The Balaban J connectivity index is 2.22. The van der Waals surface area contributed by atoms with E-state index in [0.29, 0.717) is 24.4 Å². The van der Waals surface area contributed by atoms with E-state index in [2.05, 4.69) is 10.3 Å². The van der Waals surface area contributed by atoms with Gasteiger partial charge >= 0.3 is 5.69 Å². The van der Waals surface area contributed by atoms with Gasteiger partial charge in [0, 0.05) is 17.1 Å². The molecule has 128 valence electrons. The predicted octanol–water partition coefficient (Wildman–Crippen LogP) is 2.85. The molecule has 1 aromatic carbocycles. The van der Waals surface area contributed by atoms with Gasteiger partial charge in [-0.1, -0.05) is 6.92 Å². The van der Waals surface area contributed by atoms with Crippen LogP contribution in [0.5, 0.6) is 5.75 Å². The molecule has 0 radical (unpaired) electrons. The lowest BCUT2D eigenvalue weighted by Crippen LogP contribution is -2.36. The third-order valence-corrected chi connectivity index (χ3v) is 3.71. The maximum atomic E-state index is 12.6. The lowest BCUT2D eigenvalue weighted by Gasteiger charge is -2.20. The predicted molar refractivity (Wildman–Crippen MR) is 93.5 cm³/mol. The zero-order valence-corrected chi connectivity index (χ0v) is 14.5. The first-order valence-electron chi connectivity index (χ1n) is 8.06. The maximum Gasteiger partial charge on any atom is 0.348 e. The Morgan fingerprint density at radius 3 is 2.46 bits per heavy atom. The van der Waals surface area contributed by atoms with Crippen molar-refractivity contribution in [2.45, 2.75) is 40.2 Å². The Hall–Kier alpha value is -2.63. The summed E-state index contributed by atoms with van der Waals surface area (Å²) in [5.74, 6) is 0.509. The van der Waals surface area contributed by atoms with Gasteiger partial charge in [-0.3, -0.25) is 9.36 Å². The van der Waals surface area contributed by atoms with Crippen LogP contribution in [0.15, 0.2) is 35.1 Å². The van der Waals surface area contributed by atoms with Crippen LogP contribution in [0.3, 0.4) is 0 Å². The molecule has 0 aliphatic carbocycles. The lowest BCUT2D eigenvalue weighted by molar-refractivity contribution is -0.119. The number of benzene rings is 1. The van der Waals surface area contributed by atoms with Crippen LogP contribution < -0.4 is 15.7 Å². The monoisotopic (exact) mass is 329 g/mol. The molecule has 0 saturated carbocycles. The summed E-state index contributed by atoms with van der Waals surface area (Å²) in [5, 5.41) is 2.85. The third kappa shape index (κ3) is 4.01. The summed E-state index contributed by atoms with van der Waals surface area (Å²) in [5.41, 5.74) is 1.63. The molecule has 0 saturated heterocycles. The molecular weight excluding hydrogens is 306 g/mol. The minimum Gasteiger partial charge on any atom is -0.494 e. The average Bonchev–Trinajstić information content (AvgIpc) is 2.52. The van der Waals surface area contributed by atoms with Gasteiger partial charge in [0.25, 0.3) is 0 Å². The van der Waals surface area contributed by atoms with E-state index >= 15 is 0 Å². The smallest absolute Gasteiger partial charge is 0.348 e. The van der Waals surface area contributed by atoms with Crippen LogP contribution in [-0.2, 0) is 4.79 Å². The molecule has 0 unspecified atom stereocenters. The zero-order valence-electron chi connectivity index (χ0n) is 14.5. The van der Waals surface area contributed by atoms with E-state index in [1.165, 1.54) is 4.57 Å². The van der Waals surface area contributed by atoms with Crippen LogP contribution >= 0.6 is 0 Å². The molecule has 0 bridgehead atoms. The molecule has 2 rings (SSSR count). The van der Waals surface area contributed by atoms with Crippen molar-refractivity contribution in [1.82, 2.24) is 9.55 Å². The van der Waals surface area contributed by atoms with Crippen LogP contribution in [0.25, 0.3) is 0 Å². The highest BCUT2D eigenvalue weighted by molar-refractivity contribution is 5.93. The Morgan fingerprint density at radius 2 is 1.92 bits per heavy atom. The number of rotatable bonds is 6. The Kier molecular flexibility index (Phi) is 5.73. The van der Waals surface area contributed by atoms with Crippen molar-refractivity contribution in [3.8, 4) is 5.75 Å². The molecule has 1 amide bonds. The molecule has 24 heavy (non-hydrogen) atoms. The highest BCUT2D eigenvalue weighted by Crippen LogP contribution is 2.19. The minimum absolute atomic E-state index is 0.238. The number of carbonyl (C=O) groups is 1. The van der Waals surface area contributed by atoms with Gasteiger partial charge < -0.3 is 10.1 Å². The molecule has 0 aliphatic rings. The van der Waals surface area contributed by atoms with Crippen LogP contribution in [0, 0.1) is 13.8 Å². The normalized spacial score (nSPS) is 11.8. The number of amides is 1. The SMILES string of the molecule is CCOc1ccc(NC(=O)[C@@H](CC)n2c(C)cc(C)nc2=O)cc1. The van der Waals surface area contributed by atoms with Gasteiger partial charge in [-0.15, -0.1) is 0 Å². The molecule has 1 atom stereocenters. The van der Waals surface area contributed by atoms with Crippen LogP contribution in [0.1, 0.15) is 37.7 Å². The van der Waals surface area contributed by atoms with Crippen molar-refractivity contribution in [2.75, 3.05) is 11.9 Å². The number of hydrogen-bond acceptors (Lipinski definition) is 4. The number of ether oxygens (including phenoxy) is 1. The molecule has 1 aromatic heterocycles. The van der Waals surface area contributed by atoms with Crippen LogP contribution in [0.2, 0.25) is 0 Å². The van der Waals surface area contributed by atoms with Gasteiger partial charge in [-0.2, -0.15) is 4.98 Å². The first kappa shape index (κ1) is 17.7. The summed E-state index contributed by atoms with van der Waals surface area (Å²) in [6.07, 6.45) is 0.494. The summed E-state index contributed by atoms with van der Waals surface area (Å²) in [6.45, 7) is 7.94. The fourth-order valence-electron chi connectivity index (χ4n) is 2.65. The van der Waals surface area contributed by atoms with Crippen molar-refractivity contribution in [1.29, 1.82) is 0 Å². The highest BCUT2D eigenvalue weighted by atomic mass is 16.5. The van der Waals surface area contributed by atoms with Crippen molar-refractivity contribution >= 4 is 11.6 Å². The van der Waals surface area contributed by atoms with E-state index in [4.69, 9.17) is 4.74 Å². The summed E-state index contributed by atoms with van der Waals surface area (Å²) in [4.78, 5) is 28.7. The highest BCUT2D eigenvalue weighted by Gasteiger charge is 2.22. The minimum atomic E-state index is -0.600. The standard InChI is InChI=1S/C18H23N3O3/c1-5-16(21-13(4)11-12(3)19-18(21)23)17(22)20-14-7-9-15(10-8-14)24-6-2/h7-11,16H,5-6H2,1-4H3,(H,20,22)/t16-/m1/s1. The quantitative estimate of drug-likeness (QED) is 0.884. The van der Waals surface area contributed by atoms with Gasteiger partial charge in [-0.25, -0.2) is 4.79 Å². The van der Waals surface area contributed by atoms with E-state index in [1.807, 2.05) is 20.8 Å². The number of anilines is 1. The first-order chi connectivity index (χ1) is 11.5. The molecule has 1 N–H and O–H groups in total. The average molecular weight is 329 g/mol. The summed E-state index contributed by atoms with van der Waals surface area (Å²) in [6, 6.07) is 8.35. The van der Waals surface area contributed by atoms with Crippen LogP contribution in [-0.4, -0.2) is 22.1 Å². The second-order valence-electron chi connectivity index (χ2n) is 5.56. The lowest BCUT2D eigenvalue weighted by atomic mass is 10.1. The Bertz CT molecular complexity index is 766. The molecule has 0 aliphatic heterocycles. The molecule has 1 heterocycles. The van der Waals surface area contributed by atoms with Crippen molar-refractivity contribution in [2.24, 2.45) is 0 Å². The summed E-state index contributed by atoms with van der Waals surface area (Å²) in [7, 11) is 0. The van der Waals surface area contributed by atoms with E-state index < -0.39 is 11.7 Å². The molecular formula is C18H23N3O3. The zero-order chi connectivity index (χ0) is 17.7. The fraction of sp³-hybridized carbons (Fsp3) is 0.389. The number of carbonyl (C=O) groups excluding carboxylic acids is 1. The summed E-state index contributed by atoms with van der Waals surface area (Å²) < 4.78 is 6.82. The molecule has 2 aromatic rings. The van der Waals surface area contributed by atoms with Gasteiger partial charge in [0.05, 0.1) is 6.61 Å². The third-order valence-electron chi connectivity index (χ3n) is 3.71. The summed E-state index contributed by atoms with van der Waals surface area (Å²) >= 11 is 0. The number of nitrogens with zero attached hydrogens (tertiary/aromatic N) is 2.